The van der Waals surface area contributed by atoms with Gasteiger partial charge in [-0.05, 0) is 31.9 Å². The highest BCUT2D eigenvalue weighted by Gasteiger charge is 2.35. The van der Waals surface area contributed by atoms with E-state index in [1.54, 1.807) is 11.0 Å². The van der Waals surface area contributed by atoms with Crippen molar-refractivity contribution in [3.63, 3.8) is 0 Å². The standard InChI is InChI=1S/C19H22N4O3/c1-13-2-5-16-15(10-13)19(26)23(12-20-16)11-17(24)21-6-8-22(9-7-21)18(25)14-3-4-14/h2,5,10,12,14H,3-4,6-9,11H2,1H3. The van der Waals surface area contributed by atoms with Crippen LogP contribution in [-0.2, 0) is 16.1 Å². The summed E-state index contributed by atoms with van der Waals surface area (Å²) in [5.74, 6) is 0.324. The number of carbonyl (C=O) groups is 2. The molecule has 0 bridgehead atoms. The molecule has 1 aliphatic carbocycles. The van der Waals surface area contributed by atoms with Crippen LogP contribution < -0.4 is 5.56 Å². The van der Waals surface area contributed by atoms with Gasteiger partial charge in [0.25, 0.3) is 5.56 Å². The van der Waals surface area contributed by atoms with Crippen molar-refractivity contribution >= 4 is 22.7 Å². The molecule has 2 fully saturated rings. The summed E-state index contributed by atoms with van der Waals surface area (Å²) in [7, 11) is 0. The summed E-state index contributed by atoms with van der Waals surface area (Å²) >= 11 is 0. The predicted octanol–water partition coefficient (Wildman–Crippen LogP) is 0.786. The van der Waals surface area contributed by atoms with Gasteiger partial charge >= 0.3 is 0 Å². The summed E-state index contributed by atoms with van der Waals surface area (Å²) in [6.07, 6.45) is 3.43. The van der Waals surface area contributed by atoms with Gasteiger partial charge in [0, 0.05) is 32.1 Å². The molecular weight excluding hydrogens is 332 g/mol. The average molecular weight is 354 g/mol. The zero-order chi connectivity index (χ0) is 18.3. The third-order valence-corrected chi connectivity index (χ3v) is 5.16. The number of hydrogen-bond donors (Lipinski definition) is 0. The van der Waals surface area contributed by atoms with E-state index in [4.69, 9.17) is 0 Å². The van der Waals surface area contributed by atoms with Gasteiger partial charge in [-0.3, -0.25) is 19.0 Å². The molecule has 0 radical (unpaired) electrons. The van der Waals surface area contributed by atoms with E-state index < -0.39 is 0 Å². The van der Waals surface area contributed by atoms with E-state index in [1.807, 2.05) is 24.0 Å². The molecule has 0 N–H and O–H groups in total. The second-order valence-corrected chi connectivity index (χ2v) is 7.18. The van der Waals surface area contributed by atoms with E-state index in [1.165, 1.54) is 10.9 Å². The molecule has 0 atom stereocenters. The summed E-state index contributed by atoms with van der Waals surface area (Å²) in [5, 5.41) is 0.528. The van der Waals surface area contributed by atoms with E-state index in [-0.39, 0.29) is 29.8 Å². The van der Waals surface area contributed by atoms with Gasteiger partial charge in [0.1, 0.15) is 6.54 Å². The van der Waals surface area contributed by atoms with Crippen molar-refractivity contribution in [3.05, 3.63) is 40.4 Å². The number of hydrogen-bond acceptors (Lipinski definition) is 4. The average Bonchev–Trinajstić information content (AvgIpc) is 3.49. The third-order valence-electron chi connectivity index (χ3n) is 5.16. The second-order valence-electron chi connectivity index (χ2n) is 7.18. The number of aryl methyl sites for hydroxylation is 1. The fraction of sp³-hybridized carbons (Fsp3) is 0.474. The number of benzene rings is 1. The van der Waals surface area contributed by atoms with Crippen LogP contribution in [0.5, 0.6) is 0 Å². The third kappa shape index (κ3) is 3.21. The van der Waals surface area contributed by atoms with Gasteiger partial charge in [0.15, 0.2) is 0 Å². The van der Waals surface area contributed by atoms with Gasteiger partial charge in [-0.1, -0.05) is 11.6 Å². The van der Waals surface area contributed by atoms with E-state index in [2.05, 4.69) is 4.98 Å². The van der Waals surface area contributed by atoms with Crippen LogP contribution in [0.4, 0.5) is 0 Å². The van der Waals surface area contributed by atoms with Crippen molar-refractivity contribution in [2.75, 3.05) is 26.2 Å². The zero-order valence-electron chi connectivity index (χ0n) is 14.9. The lowest BCUT2D eigenvalue weighted by atomic mass is 10.2. The minimum atomic E-state index is -0.199. The molecule has 0 unspecified atom stereocenters. The van der Waals surface area contributed by atoms with E-state index >= 15 is 0 Å². The molecule has 4 rings (SSSR count). The number of aromatic nitrogens is 2. The van der Waals surface area contributed by atoms with Gasteiger partial charge in [-0.15, -0.1) is 0 Å². The number of rotatable bonds is 3. The molecule has 1 saturated heterocycles. The Morgan fingerprint density at radius 1 is 1.12 bits per heavy atom. The molecule has 2 amide bonds. The molecule has 1 aromatic heterocycles. The maximum atomic E-state index is 12.6. The van der Waals surface area contributed by atoms with Crippen molar-refractivity contribution in [2.45, 2.75) is 26.3 Å². The Morgan fingerprint density at radius 3 is 2.50 bits per heavy atom. The van der Waals surface area contributed by atoms with Crippen LogP contribution in [0.2, 0.25) is 0 Å². The Balaban J connectivity index is 1.43. The quantitative estimate of drug-likeness (QED) is 0.817. The van der Waals surface area contributed by atoms with Crippen LogP contribution >= 0.6 is 0 Å². The van der Waals surface area contributed by atoms with Crippen LogP contribution in [0, 0.1) is 12.8 Å². The molecule has 2 heterocycles. The number of piperazine rings is 1. The SMILES string of the molecule is Cc1ccc2ncn(CC(=O)N3CCN(C(=O)C4CC4)CC3)c(=O)c2c1. The van der Waals surface area contributed by atoms with Crippen LogP contribution in [0.1, 0.15) is 18.4 Å². The lowest BCUT2D eigenvalue weighted by Crippen LogP contribution is -2.52. The van der Waals surface area contributed by atoms with Crippen molar-refractivity contribution in [1.29, 1.82) is 0 Å². The summed E-state index contributed by atoms with van der Waals surface area (Å²) in [6.45, 7) is 4.09. The zero-order valence-corrected chi connectivity index (χ0v) is 14.9. The van der Waals surface area contributed by atoms with Crippen LogP contribution in [-0.4, -0.2) is 57.3 Å². The highest BCUT2D eigenvalue weighted by molar-refractivity contribution is 5.82. The fourth-order valence-electron chi connectivity index (χ4n) is 3.40. The van der Waals surface area contributed by atoms with Crippen molar-refractivity contribution in [2.24, 2.45) is 5.92 Å². The van der Waals surface area contributed by atoms with Gasteiger partial charge in [-0.2, -0.15) is 0 Å². The topological polar surface area (TPSA) is 75.5 Å². The molecule has 7 heteroatoms. The van der Waals surface area contributed by atoms with Crippen molar-refractivity contribution in [3.8, 4) is 0 Å². The Kier molecular flexibility index (Phi) is 4.22. The molecule has 136 valence electrons. The number of carbonyl (C=O) groups excluding carboxylic acids is 2. The number of nitrogens with zero attached hydrogens (tertiary/aromatic N) is 4. The molecule has 2 aromatic rings. The minimum absolute atomic E-state index is 0.0215. The molecule has 1 aliphatic heterocycles. The summed E-state index contributed by atoms with van der Waals surface area (Å²) in [4.78, 5) is 45.2. The van der Waals surface area contributed by atoms with Crippen molar-refractivity contribution < 1.29 is 9.59 Å². The maximum Gasteiger partial charge on any atom is 0.261 e. The summed E-state index contributed by atoms with van der Waals surface area (Å²) < 4.78 is 1.37. The van der Waals surface area contributed by atoms with Gasteiger partial charge in [0.2, 0.25) is 11.8 Å². The molecular formula is C19H22N4O3. The molecule has 1 aromatic carbocycles. The monoisotopic (exact) mass is 354 g/mol. The Hall–Kier alpha value is -2.70. The molecule has 26 heavy (non-hydrogen) atoms. The highest BCUT2D eigenvalue weighted by Crippen LogP contribution is 2.31. The summed E-state index contributed by atoms with van der Waals surface area (Å²) in [6, 6.07) is 5.52. The van der Waals surface area contributed by atoms with E-state index in [0.29, 0.717) is 37.1 Å². The van der Waals surface area contributed by atoms with Crippen molar-refractivity contribution in [1.82, 2.24) is 19.4 Å². The summed E-state index contributed by atoms with van der Waals surface area (Å²) in [5.41, 5.74) is 1.42. The van der Waals surface area contributed by atoms with Crippen LogP contribution in [0.15, 0.2) is 29.3 Å². The van der Waals surface area contributed by atoms with Gasteiger partial charge in [0.05, 0.1) is 17.2 Å². The largest absolute Gasteiger partial charge is 0.339 e. The first kappa shape index (κ1) is 16.8. The smallest absolute Gasteiger partial charge is 0.261 e. The second kappa shape index (κ2) is 6.55. The normalized spacial score (nSPS) is 17.6. The van der Waals surface area contributed by atoms with Gasteiger partial charge in [-0.25, -0.2) is 4.98 Å². The van der Waals surface area contributed by atoms with Crippen LogP contribution in [0.3, 0.4) is 0 Å². The first-order valence-corrected chi connectivity index (χ1v) is 9.05. The number of fused-ring (bicyclic) bond motifs is 1. The molecule has 2 aliphatic rings. The Labute approximate surface area is 151 Å². The van der Waals surface area contributed by atoms with E-state index in [0.717, 1.165) is 18.4 Å². The van der Waals surface area contributed by atoms with E-state index in [9.17, 15) is 14.4 Å². The maximum absolute atomic E-state index is 12.6. The number of amides is 2. The van der Waals surface area contributed by atoms with Gasteiger partial charge < -0.3 is 9.80 Å². The molecule has 0 spiro atoms. The lowest BCUT2D eigenvalue weighted by molar-refractivity contribution is -0.140. The fourth-order valence-corrected chi connectivity index (χ4v) is 3.40. The molecule has 7 nitrogen and oxygen atoms in total. The molecule has 1 saturated carbocycles. The highest BCUT2D eigenvalue weighted by atomic mass is 16.2. The Morgan fingerprint density at radius 2 is 1.81 bits per heavy atom. The predicted molar refractivity (Wildman–Crippen MR) is 96.6 cm³/mol. The van der Waals surface area contributed by atoms with Crippen LogP contribution in [0.25, 0.3) is 10.9 Å². The minimum Gasteiger partial charge on any atom is -0.339 e. The first-order chi connectivity index (χ1) is 12.5. The lowest BCUT2D eigenvalue weighted by Gasteiger charge is -2.35. The first-order valence-electron chi connectivity index (χ1n) is 9.05. The Bertz CT molecular complexity index is 924.